The summed E-state index contributed by atoms with van der Waals surface area (Å²) in [6.07, 6.45) is 2.84. The van der Waals surface area contributed by atoms with Crippen molar-refractivity contribution >= 4 is 17.5 Å². The Hall–Kier alpha value is -1.84. The summed E-state index contributed by atoms with van der Waals surface area (Å²) in [6.45, 7) is 3.54. The maximum absolute atomic E-state index is 11.8. The van der Waals surface area contributed by atoms with E-state index in [2.05, 4.69) is 17.6 Å². The van der Waals surface area contributed by atoms with Crippen molar-refractivity contribution in [3.8, 4) is 0 Å². The molecule has 19 heavy (non-hydrogen) atoms. The molecule has 0 saturated heterocycles. The summed E-state index contributed by atoms with van der Waals surface area (Å²) in [5.41, 5.74) is 1.71. The van der Waals surface area contributed by atoms with Gasteiger partial charge in [0.05, 0.1) is 6.42 Å². The van der Waals surface area contributed by atoms with Gasteiger partial charge < -0.3 is 10.6 Å². The van der Waals surface area contributed by atoms with E-state index >= 15 is 0 Å². The fourth-order valence-electron chi connectivity index (χ4n) is 2.11. The van der Waals surface area contributed by atoms with Crippen LogP contribution in [0.1, 0.15) is 32.3 Å². The molecule has 0 heterocycles. The molecule has 0 aromatic heterocycles. The van der Waals surface area contributed by atoms with Gasteiger partial charge in [-0.3, -0.25) is 9.59 Å². The summed E-state index contributed by atoms with van der Waals surface area (Å²) in [5, 5.41) is 5.73. The fourth-order valence-corrected chi connectivity index (χ4v) is 2.11. The van der Waals surface area contributed by atoms with Gasteiger partial charge >= 0.3 is 0 Å². The maximum atomic E-state index is 11.8. The van der Waals surface area contributed by atoms with Gasteiger partial charge in [0.1, 0.15) is 0 Å². The molecule has 102 valence electrons. The summed E-state index contributed by atoms with van der Waals surface area (Å²) in [6, 6.07) is 7.65. The van der Waals surface area contributed by atoms with Gasteiger partial charge in [-0.05, 0) is 43.4 Å². The van der Waals surface area contributed by atoms with Crippen molar-refractivity contribution in [3.63, 3.8) is 0 Å². The summed E-state index contributed by atoms with van der Waals surface area (Å²) in [7, 11) is 0. The Morgan fingerprint density at radius 2 is 1.89 bits per heavy atom. The molecule has 2 N–H and O–H groups in total. The lowest BCUT2D eigenvalue weighted by Gasteiger charge is -2.12. The number of carbonyl (C=O) groups excluding carboxylic acids is 2. The van der Waals surface area contributed by atoms with Crippen molar-refractivity contribution in [2.24, 2.45) is 5.92 Å². The van der Waals surface area contributed by atoms with Crippen molar-refractivity contribution in [2.75, 3.05) is 5.32 Å². The molecule has 2 rings (SSSR count). The van der Waals surface area contributed by atoms with E-state index in [9.17, 15) is 9.59 Å². The molecule has 1 aromatic rings. The first-order chi connectivity index (χ1) is 9.04. The van der Waals surface area contributed by atoms with Crippen molar-refractivity contribution < 1.29 is 9.59 Å². The number of amides is 2. The fraction of sp³-hybridized carbons (Fsp3) is 0.467. The first kappa shape index (κ1) is 13.6. The van der Waals surface area contributed by atoms with Gasteiger partial charge in [0.2, 0.25) is 11.8 Å². The van der Waals surface area contributed by atoms with Gasteiger partial charge in [0, 0.05) is 18.7 Å². The molecule has 1 aliphatic carbocycles. The second kappa shape index (κ2) is 5.87. The Labute approximate surface area is 113 Å². The van der Waals surface area contributed by atoms with E-state index in [1.54, 1.807) is 0 Å². The molecule has 4 heteroatoms. The van der Waals surface area contributed by atoms with Crippen LogP contribution in [0.15, 0.2) is 24.3 Å². The molecule has 1 fully saturated rings. The summed E-state index contributed by atoms with van der Waals surface area (Å²) in [4.78, 5) is 22.7. The van der Waals surface area contributed by atoms with Crippen molar-refractivity contribution in [1.82, 2.24) is 5.32 Å². The normalized spacial score (nSPS) is 15.7. The maximum Gasteiger partial charge on any atom is 0.224 e. The van der Waals surface area contributed by atoms with E-state index in [1.807, 2.05) is 24.3 Å². The standard InChI is InChI=1S/C15H20N2O2/c1-10(13-5-6-13)16-15(19)9-12-3-7-14(8-4-12)17-11(2)18/h3-4,7-8,10,13H,5-6,9H2,1-2H3,(H,16,19)(H,17,18)/t10-/m0/s1. The highest BCUT2D eigenvalue weighted by molar-refractivity contribution is 5.88. The van der Waals surface area contributed by atoms with Crippen molar-refractivity contribution in [2.45, 2.75) is 39.2 Å². The minimum atomic E-state index is -0.0937. The van der Waals surface area contributed by atoms with Crippen LogP contribution in [-0.2, 0) is 16.0 Å². The molecule has 1 aromatic carbocycles. The van der Waals surface area contributed by atoms with E-state index in [4.69, 9.17) is 0 Å². The van der Waals surface area contributed by atoms with E-state index in [-0.39, 0.29) is 17.9 Å². The third-order valence-electron chi connectivity index (χ3n) is 3.36. The zero-order valence-corrected chi connectivity index (χ0v) is 11.4. The highest BCUT2D eigenvalue weighted by Crippen LogP contribution is 2.32. The Morgan fingerprint density at radius 3 is 2.42 bits per heavy atom. The average molecular weight is 260 g/mol. The molecule has 2 amide bonds. The number of benzene rings is 1. The molecule has 1 aliphatic rings. The van der Waals surface area contributed by atoms with E-state index in [0.29, 0.717) is 12.3 Å². The third-order valence-corrected chi connectivity index (χ3v) is 3.36. The number of anilines is 1. The molecule has 4 nitrogen and oxygen atoms in total. The number of hydrogen-bond donors (Lipinski definition) is 2. The predicted octanol–water partition coefficient (Wildman–Crippen LogP) is 2.10. The quantitative estimate of drug-likeness (QED) is 0.851. The molecular formula is C15H20N2O2. The van der Waals surface area contributed by atoms with Crippen LogP contribution in [-0.4, -0.2) is 17.9 Å². The molecule has 0 unspecified atom stereocenters. The Bertz CT molecular complexity index is 464. The van der Waals surface area contributed by atoms with Gasteiger partial charge in [0.15, 0.2) is 0 Å². The molecular weight excluding hydrogens is 240 g/mol. The Morgan fingerprint density at radius 1 is 1.26 bits per heavy atom. The van der Waals surface area contributed by atoms with Crippen LogP contribution in [0, 0.1) is 5.92 Å². The van der Waals surface area contributed by atoms with Gasteiger partial charge in [-0.15, -0.1) is 0 Å². The van der Waals surface area contributed by atoms with E-state index < -0.39 is 0 Å². The lowest BCUT2D eigenvalue weighted by atomic mass is 10.1. The molecule has 1 saturated carbocycles. The second-order valence-corrected chi connectivity index (χ2v) is 5.25. The molecule has 1 atom stereocenters. The van der Waals surface area contributed by atoms with Gasteiger partial charge in [-0.25, -0.2) is 0 Å². The molecule has 0 spiro atoms. The van der Waals surface area contributed by atoms with E-state index in [1.165, 1.54) is 19.8 Å². The SMILES string of the molecule is CC(=O)Nc1ccc(CC(=O)N[C@@H](C)C2CC2)cc1. The van der Waals surface area contributed by atoms with Gasteiger partial charge in [0.25, 0.3) is 0 Å². The zero-order chi connectivity index (χ0) is 13.8. The Balaban J connectivity index is 1.84. The summed E-state index contributed by atoms with van der Waals surface area (Å²) < 4.78 is 0. The average Bonchev–Trinajstić information content (AvgIpc) is 3.14. The molecule has 0 bridgehead atoms. The number of carbonyl (C=O) groups is 2. The monoisotopic (exact) mass is 260 g/mol. The van der Waals surface area contributed by atoms with Crippen LogP contribution in [0.2, 0.25) is 0 Å². The van der Waals surface area contributed by atoms with Crippen molar-refractivity contribution in [3.05, 3.63) is 29.8 Å². The van der Waals surface area contributed by atoms with Gasteiger partial charge in [-0.2, -0.15) is 0 Å². The smallest absolute Gasteiger partial charge is 0.224 e. The van der Waals surface area contributed by atoms with Crippen LogP contribution in [0.3, 0.4) is 0 Å². The second-order valence-electron chi connectivity index (χ2n) is 5.25. The first-order valence-corrected chi connectivity index (χ1v) is 6.70. The number of nitrogens with one attached hydrogen (secondary N) is 2. The highest BCUT2D eigenvalue weighted by atomic mass is 16.2. The minimum Gasteiger partial charge on any atom is -0.353 e. The lowest BCUT2D eigenvalue weighted by molar-refractivity contribution is -0.121. The van der Waals surface area contributed by atoms with Crippen molar-refractivity contribution in [1.29, 1.82) is 0 Å². The lowest BCUT2D eigenvalue weighted by Crippen LogP contribution is -2.35. The third kappa shape index (κ3) is 4.39. The van der Waals surface area contributed by atoms with Crippen LogP contribution >= 0.6 is 0 Å². The summed E-state index contributed by atoms with van der Waals surface area (Å²) in [5.74, 6) is 0.640. The zero-order valence-electron chi connectivity index (χ0n) is 11.4. The minimum absolute atomic E-state index is 0.0617. The molecule has 0 aliphatic heterocycles. The van der Waals surface area contributed by atoms with Crippen LogP contribution < -0.4 is 10.6 Å². The highest BCUT2D eigenvalue weighted by Gasteiger charge is 2.28. The Kier molecular flexibility index (Phi) is 4.20. The number of hydrogen-bond acceptors (Lipinski definition) is 2. The van der Waals surface area contributed by atoms with Crippen LogP contribution in [0.4, 0.5) is 5.69 Å². The largest absolute Gasteiger partial charge is 0.353 e. The van der Waals surface area contributed by atoms with E-state index in [0.717, 1.165) is 11.3 Å². The van der Waals surface area contributed by atoms with Gasteiger partial charge in [-0.1, -0.05) is 12.1 Å². The molecule has 0 radical (unpaired) electrons. The predicted molar refractivity (Wildman–Crippen MR) is 74.8 cm³/mol. The number of rotatable bonds is 5. The first-order valence-electron chi connectivity index (χ1n) is 6.70. The van der Waals surface area contributed by atoms with Crippen LogP contribution in [0.5, 0.6) is 0 Å². The topological polar surface area (TPSA) is 58.2 Å². The summed E-state index contributed by atoms with van der Waals surface area (Å²) >= 11 is 0. The van der Waals surface area contributed by atoms with Crippen LogP contribution in [0.25, 0.3) is 0 Å².